The molecule has 0 aliphatic rings. The van der Waals surface area contributed by atoms with Gasteiger partial charge < -0.3 is 10.5 Å². The lowest BCUT2D eigenvalue weighted by Crippen LogP contribution is -2.04. The number of halogens is 1. The lowest BCUT2D eigenvalue weighted by Gasteiger charge is -2.07. The smallest absolute Gasteiger partial charge is 0.118 e. The number of ether oxygens (including phenoxy) is 1. The normalized spacial score (nSPS) is 12.1. The van der Waals surface area contributed by atoms with Crippen molar-refractivity contribution in [1.82, 2.24) is 0 Å². The molecule has 3 nitrogen and oxygen atoms in total. The SMILES string of the molecule is COc1ccc(CCS(=O)c2cc(Cl)ccc2N)cc1. The van der Waals surface area contributed by atoms with Crippen LogP contribution in [0.25, 0.3) is 0 Å². The summed E-state index contributed by atoms with van der Waals surface area (Å²) >= 11 is 5.91. The summed E-state index contributed by atoms with van der Waals surface area (Å²) in [6.07, 6.45) is 0.711. The van der Waals surface area contributed by atoms with Gasteiger partial charge in [0.2, 0.25) is 0 Å². The summed E-state index contributed by atoms with van der Waals surface area (Å²) in [7, 11) is 0.477. The highest BCUT2D eigenvalue weighted by Gasteiger charge is 2.09. The fourth-order valence-electron chi connectivity index (χ4n) is 1.82. The molecule has 2 aromatic carbocycles. The van der Waals surface area contributed by atoms with Gasteiger partial charge in [-0.2, -0.15) is 0 Å². The summed E-state index contributed by atoms with van der Waals surface area (Å²) < 4.78 is 17.4. The van der Waals surface area contributed by atoms with E-state index in [1.165, 1.54) is 0 Å². The average Bonchev–Trinajstić information content (AvgIpc) is 2.47. The minimum absolute atomic E-state index is 0.511. The van der Waals surface area contributed by atoms with Crippen molar-refractivity contribution in [3.05, 3.63) is 53.1 Å². The van der Waals surface area contributed by atoms with Crippen LogP contribution in [0.3, 0.4) is 0 Å². The maximum atomic E-state index is 12.3. The van der Waals surface area contributed by atoms with Crippen molar-refractivity contribution in [3.8, 4) is 5.75 Å². The highest BCUT2D eigenvalue weighted by molar-refractivity contribution is 7.85. The molecule has 0 amide bonds. The molecule has 0 radical (unpaired) electrons. The third kappa shape index (κ3) is 3.74. The third-order valence-electron chi connectivity index (χ3n) is 2.96. The lowest BCUT2D eigenvalue weighted by atomic mass is 10.2. The number of anilines is 1. The Bertz CT molecular complexity index is 614. The van der Waals surface area contributed by atoms with E-state index >= 15 is 0 Å². The van der Waals surface area contributed by atoms with Gasteiger partial charge >= 0.3 is 0 Å². The van der Waals surface area contributed by atoms with E-state index in [1.54, 1.807) is 25.3 Å². The van der Waals surface area contributed by atoms with E-state index < -0.39 is 10.8 Å². The molecule has 5 heteroatoms. The molecule has 0 spiro atoms. The molecule has 0 saturated heterocycles. The monoisotopic (exact) mass is 309 g/mol. The Morgan fingerprint density at radius 3 is 2.55 bits per heavy atom. The number of hydrogen-bond acceptors (Lipinski definition) is 3. The van der Waals surface area contributed by atoms with Crippen LogP contribution >= 0.6 is 11.6 Å². The largest absolute Gasteiger partial charge is 0.497 e. The number of nitrogen functional groups attached to an aromatic ring is 1. The highest BCUT2D eigenvalue weighted by Crippen LogP contribution is 2.22. The van der Waals surface area contributed by atoms with Gasteiger partial charge in [0.25, 0.3) is 0 Å². The van der Waals surface area contributed by atoms with Gasteiger partial charge in [-0.3, -0.25) is 4.21 Å². The van der Waals surface area contributed by atoms with Gasteiger partial charge in [0.1, 0.15) is 5.75 Å². The van der Waals surface area contributed by atoms with Crippen molar-refractivity contribution in [1.29, 1.82) is 0 Å². The summed E-state index contributed by atoms with van der Waals surface area (Å²) in [5, 5.41) is 0.548. The zero-order valence-electron chi connectivity index (χ0n) is 11.1. The molecular formula is C15H16ClNO2S. The van der Waals surface area contributed by atoms with E-state index in [4.69, 9.17) is 22.1 Å². The zero-order valence-corrected chi connectivity index (χ0v) is 12.7. The second-order valence-corrected chi connectivity index (χ2v) is 6.31. The molecule has 1 atom stereocenters. The van der Waals surface area contributed by atoms with Crippen molar-refractivity contribution >= 4 is 28.1 Å². The van der Waals surface area contributed by atoms with Crippen molar-refractivity contribution < 1.29 is 8.95 Å². The van der Waals surface area contributed by atoms with Gasteiger partial charge in [-0.15, -0.1) is 0 Å². The predicted octanol–water partition coefficient (Wildman–Crippen LogP) is 3.28. The van der Waals surface area contributed by atoms with E-state index in [0.717, 1.165) is 11.3 Å². The van der Waals surface area contributed by atoms with Gasteiger partial charge in [-0.25, -0.2) is 0 Å². The van der Waals surface area contributed by atoms with Crippen LogP contribution in [0.1, 0.15) is 5.56 Å². The fraction of sp³-hybridized carbons (Fsp3) is 0.200. The number of aryl methyl sites for hydroxylation is 1. The predicted molar refractivity (Wildman–Crippen MR) is 83.8 cm³/mol. The Labute approximate surface area is 126 Å². The van der Waals surface area contributed by atoms with E-state index in [-0.39, 0.29) is 0 Å². The lowest BCUT2D eigenvalue weighted by molar-refractivity contribution is 0.414. The summed E-state index contributed by atoms with van der Waals surface area (Å²) in [5.41, 5.74) is 7.46. The number of benzene rings is 2. The second kappa shape index (κ2) is 6.77. The van der Waals surface area contributed by atoms with E-state index in [1.807, 2.05) is 24.3 Å². The van der Waals surface area contributed by atoms with Crippen LogP contribution in [0, 0.1) is 0 Å². The van der Waals surface area contributed by atoms with Crippen LogP contribution in [0.2, 0.25) is 5.02 Å². The standard InChI is InChI=1S/C15H16ClNO2S/c1-19-13-5-2-11(3-6-13)8-9-20(18)15-10-12(16)4-7-14(15)17/h2-7,10H,8-9,17H2,1H3. The summed E-state index contributed by atoms with van der Waals surface area (Å²) in [6.45, 7) is 0. The van der Waals surface area contributed by atoms with Crippen LogP contribution < -0.4 is 10.5 Å². The molecule has 0 fully saturated rings. The third-order valence-corrected chi connectivity index (χ3v) is 4.61. The average molecular weight is 310 g/mol. The fourth-order valence-corrected chi connectivity index (χ4v) is 3.29. The maximum Gasteiger partial charge on any atom is 0.118 e. The Morgan fingerprint density at radius 2 is 1.90 bits per heavy atom. The van der Waals surface area contributed by atoms with Gasteiger partial charge in [-0.1, -0.05) is 23.7 Å². The molecule has 0 aromatic heterocycles. The number of methoxy groups -OCH3 is 1. The topological polar surface area (TPSA) is 52.3 Å². The summed E-state index contributed by atoms with van der Waals surface area (Å²) in [4.78, 5) is 0.603. The number of nitrogens with two attached hydrogens (primary N) is 1. The molecule has 0 heterocycles. The minimum atomic E-state index is -1.15. The van der Waals surface area contributed by atoms with Crippen molar-refractivity contribution in [2.24, 2.45) is 0 Å². The first-order valence-electron chi connectivity index (χ1n) is 6.16. The van der Waals surface area contributed by atoms with Gasteiger partial charge in [0.15, 0.2) is 0 Å². The molecule has 2 rings (SSSR count). The van der Waals surface area contributed by atoms with Crippen LogP contribution in [-0.4, -0.2) is 17.1 Å². The summed E-state index contributed by atoms with van der Waals surface area (Å²) in [6, 6.07) is 12.8. The van der Waals surface area contributed by atoms with E-state index in [2.05, 4.69) is 0 Å². The van der Waals surface area contributed by atoms with Crippen molar-refractivity contribution in [2.75, 3.05) is 18.6 Å². The number of hydrogen-bond donors (Lipinski definition) is 1. The van der Waals surface area contributed by atoms with E-state index in [0.29, 0.717) is 27.8 Å². The van der Waals surface area contributed by atoms with Gasteiger partial charge in [0, 0.05) is 16.5 Å². The molecule has 0 aliphatic heterocycles. The van der Waals surface area contributed by atoms with Crippen LogP contribution in [-0.2, 0) is 17.2 Å². The number of rotatable bonds is 5. The molecule has 20 heavy (non-hydrogen) atoms. The molecule has 0 aliphatic carbocycles. The molecule has 2 aromatic rings. The first-order valence-corrected chi connectivity index (χ1v) is 7.86. The van der Waals surface area contributed by atoms with Crippen LogP contribution in [0.15, 0.2) is 47.4 Å². The first-order chi connectivity index (χ1) is 9.60. The summed E-state index contributed by atoms with van der Waals surface area (Å²) in [5.74, 6) is 1.32. The highest BCUT2D eigenvalue weighted by atomic mass is 35.5. The molecular weight excluding hydrogens is 294 g/mol. The molecule has 2 N–H and O–H groups in total. The Hall–Kier alpha value is -1.52. The molecule has 0 saturated carbocycles. The molecule has 106 valence electrons. The van der Waals surface area contributed by atoms with Crippen molar-refractivity contribution in [3.63, 3.8) is 0 Å². The van der Waals surface area contributed by atoms with Crippen molar-refractivity contribution in [2.45, 2.75) is 11.3 Å². The molecule has 0 bridgehead atoms. The Balaban J connectivity index is 2.02. The first kappa shape index (κ1) is 14.9. The molecule has 1 unspecified atom stereocenters. The maximum absolute atomic E-state index is 12.3. The quantitative estimate of drug-likeness (QED) is 0.862. The Morgan fingerprint density at radius 1 is 1.20 bits per heavy atom. The van der Waals surface area contributed by atoms with Crippen LogP contribution in [0.5, 0.6) is 5.75 Å². The van der Waals surface area contributed by atoms with Crippen LogP contribution in [0.4, 0.5) is 5.69 Å². The Kier molecular flexibility index (Phi) is 5.04. The zero-order chi connectivity index (χ0) is 14.5. The van der Waals surface area contributed by atoms with E-state index in [9.17, 15) is 4.21 Å². The van der Waals surface area contributed by atoms with Gasteiger partial charge in [0.05, 0.1) is 22.8 Å². The second-order valence-electron chi connectivity index (χ2n) is 4.33. The van der Waals surface area contributed by atoms with Gasteiger partial charge in [-0.05, 0) is 42.3 Å². The minimum Gasteiger partial charge on any atom is -0.497 e.